The Morgan fingerprint density at radius 1 is 1.16 bits per heavy atom. The van der Waals surface area contributed by atoms with E-state index in [-0.39, 0.29) is 5.41 Å². The van der Waals surface area contributed by atoms with Crippen molar-refractivity contribution in [3.05, 3.63) is 16.0 Å². The van der Waals surface area contributed by atoms with Gasteiger partial charge in [-0.2, -0.15) is 0 Å². The van der Waals surface area contributed by atoms with Gasteiger partial charge in [0.2, 0.25) is 0 Å². The Kier molecular flexibility index (Phi) is 5.74. The zero-order valence-corrected chi connectivity index (χ0v) is 14.2. The minimum Gasteiger partial charge on any atom is -0.383 e. The molecule has 0 bridgehead atoms. The lowest BCUT2D eigenvalue weighted by molar-refractivity contribution is 0.305. The molecule has 0 aliphatic heterocycles. The lowest BCUT2D eigenvalue weighted by Gasteiger charge is -2.22. The van der Waals surface area contributed by atoms with Crippen LogP contribution in [0.1, 0.15) is 46.1 Å². The summed E-state index contributed by atoms with van der Waals surface area (Å²) in [7, 11) is 0. The van der Waals surface area contributed by atoms with Crippen LogP contribution in [0.5, 0.6) is 0 Å². The number of rotatable bonds is 5. The van der Waals surface area contributed by atoms with E-state index in [1.807, 2.05) is 0 Å². The third kappa shape index (κ3) is 4.42. The average molecular weight is 329 g/mol. The van der Waals surface area contributed by atoms with Crippen molar-refractivity contribution in [1.82, 2.24) is 14.9 Å². The smallest absolute Gasteiger partial charge is 0.141 e. The number of hydrogen-bond acceptors (Lipinski definition) is 4. The standard InChI is InChI=1S/C14H25BrN4/c1-6-19(7-2)9-8-10-17-12(14(3,4)5)11(15)13(16)18-10/h6-9H2,1-5H3,(H2,16,17,18). The van der Waals surface area contributed by atoms with Crippen molar-refractivity contribution >= 4 is 21.7 Å². The Labute approximate surface area is 124 Å². The summed E-state index contributed by atoms with van der Waals surface area (Å²) >= 11 is 3.50. The van der Waals surface area contributed by atoms with Crippen molar-refractivity contribution in [2.75, 3.05) is 25.4 Å². The zero-order valence-electron chi connectivity index (χ0n) is 12.6. The number of aromatic nitrogens is 2. The second-order valence-electron chi connectivity index (χ2n) is 5.71. The average Bonchev–Trinajstić information content (AvgIpc) is 2.33. The topological polar surface area (TPSA) is 55.0 Å². The van der Waals surface area contributed by atoms with Gasteiger partial charge in [-0.05, 0) is 29.0 Å². The molecular weight excluding hydrogens is 304 g/mol. The summed E-state index contributed by atoms with van der Waals surface area (Å²) in [4.78, 5) is 11.4. The molecule has 1 heterocycles. The van der Waals surface area contributed by atoms with Crippen LogP contribution in [0.15, 0.2) is 4.47 Å². The first-order valence-electron chi connectivity index (χ1n) is 6.84. The van der Waals surface area contributed by atoms with Crippen LogP contribution in [0.2, 0.25) is 0 Å². The van der Waals surface area contributed by atoms with Gasteiger partial charge in [-0.3, -0.25) is 0 Å². The van der Waals surface area contributed by atoms with Crippen LogP contribution in [-0.2, 0) is 11.8 Å². The molecule has 0 radical (unpaired) electrons. The summed E-state index contributed by atoms with van der Waals surface area (Å²) < 4.78 is 0.826. The largest absolute Gasteiger partial charge is 0.383 e. The highest BCUT2D eigenvalue weighted by Gasteiger charge is 2.22. The van der Waals surface area contributed by atoms with Gasteiger partial charge in [-0.15, -0.1) is 0 Å². The molecule has 108 valence electrons. The van der Waals surface area contributed by atoms with E-state index in [1.165, 1.54) is 0 Å². The maximum Gasteiger partial charge on any atom is 0.141 e. The van der Waals surface area contributed by atoms with E-state index < -0.39 is 0 Å². The van der Waals surface area contributed by atoms with Crippen LogP contribution in [0.25, 0.3) is 0 Å². The Morgan fingerprint density at radius 3 is 2.21 bits per heavy atom. The molecule has 0 atom stereocenters. The number of hydrogen-bond donors (Lipinski definition) is 1. The lowest BCUT2D eigenvalue weighted by Crippen LogP contribution is -2.26. The van der Waals surface area contributed by atoms with Crippen LogP contribution >= 0.6 is 15.9 Å². The van der Waals surface area contributed by atoms with Crippen LogP contribution in [0.4, 0.5) is 5.82 Å². The fraction of sp³-hybridized carbons (Fsp3) is 0.714. The Morgan fingerprint density at radius 2 is 1.74 bits per heavy atom. The molecule has 19 heavy (non-hydrogen) atoms. The van der Waals surface area contributed by atoms with Crippen molar-refractivity contribution in [3.8, 4) is 0 Å². The molecule has 0 saturated carbocycles. The number of likely N-dealkylation sites (N-methyl/N-ethyl adjacent to an activating group) is 1. The maximum atomic E-state index is 5.98. The van der Waals surface area contributed by atoms with Crippen LogP contribution in [-0.4, -0.2) is 34.5 Å². The number of nitrogens with two attached hydrogens (primary N) is 1. The normalized spacial score (nSPS) is 12.2. The Hall–Kier alpha value is -0.680. The maximum absolute atomic E-state index is 5.98. The second-order valence-corrected chi connectivity index (χ2v) is 6.51. The van der Waals surface area contributed by atoms with E-state index in [1.54, 1.807) is 0 Å². The van der Waals surface area contributed by atoms with Crippen LogP contribution in [0, 0.1) is 0 Å². The summed E-state index contributed by atoms with van der Waals surface area (Å²) in [6, 6.07) is 0. The predicted octanol–water partition coefficient (Wildman–Crippen LogP) is 3.00. The van der Waals surface area contributed by atoms with Gasteiger partial charge in [0.15, 0.2) is 0 Å². The van der Waals surface area contributed by atoms with Gasteiger partial charge < -0.3 is 10.6 Å². The van der Waals surface area contributed by atoms with Crippen LogP contribution < -0.4 is 5.73 Å². The number of nitrogens with zero attached hydrogens (tertiary/aromatic N) is 3. The molecule has 5 heteroatoms. The molecule has 0 saturated heterocycles. The molecule has 0 spiro atoms. The highest BCUT2D eigenvalue weighted by molar-refractivity contribution is 9.10. The first-order chi connectivity index (χ1) is 8.79. The molecule has 1 aromatic rings. The molecule has 0 unspecified atom stereocenters. The van der Waals surface area contributed by atoms with E-state index >= 15 is 0 Å². The monoisotopic (exact) mass is 328 g/mol. The molecule has 1 aromatic heterocycles. The minimum absolute atomic E-state index is 0.0418. The molecule has 0 fully saturated rings. The van der Waals surface area contributed by atoms with Gasteiger partial charge in [0.25, 0.3) is 0 Å². The summed E-state index contributed by atoms with van der Waals surface area (Å²) in [5, 5.41) is 0. The van der Waals surface area contributed by atoms with Gasteiger partial charge >= 0.3 is 0 Å². The molecular formula is C14H25BrN4. The van der Waals surface area contributed by atoms with Crippen molar-refractivity contribution in [3.63, 3.8) is 0 Å². The minimum atomic E-state index is -0.0418. The third-order valence-corrected chi connectivity index (χ3v) is 3.96. The Bertz CT molecular complexity index is 422. The molecule has 0 aliphatic carbocycles. The number of nitrogen functional groups attached to an aromatic ring is 1. The molecule has 2 N–H and O–H groups in total. The second kappa shape index (κ2) is 6.66. The van der Waals surface area contributed by atoms with Crippen molar-refractivity contribution in [2.45, 2.75) is 46.5 Å². The van der Waals surface area contributed by atoms with Crippen molar-refractivity contribution in [1.29, 1.82) is 0 Å². The molecule has 0 aromatic carbocycles. The fourth-order valence-electron chi connectivity index (χ4n) is 1.92. The first kappa shape index (κ1) is 16.4. The van der Waals surface area contributed by atoms with E-state index in [0.717, 1.165) is 42.0 Å². The van der Waals surface area contributed by atoms with E-state index in [9.17, 15) is 0 Å². The Balaban J connectivity index is 2.95. The van der Waals surface area contributed by atoms with Gasteiger partial charge in [0.1, 0.15) is 11.6 Å². The fourth-order valence-corrected chi connectivity index (χ4v) is 2.69. The molecule has 4 nitrogen and oxygen atoms in total. The van der Waals surface area contributed by atoms with Crippen LogP contribution in [0.3, 0.4) is 0 Å². The van der Waals surface area contributed by atoms with Crippen molar-refractivity contribution < 1.29 is 0 Å². The van der Waals surface area contributed by atoms with E-state index in [0.29, 0.717) is 5.82 Å². The third-order valence-electron chi connectivity index (χ3n) is 3.18. The summed E-state index contributed by atoms with van der Waals surface area (Å²) in [6.07, 6.45) is 0.836. The van der Waals surface area contributed by atoms with E-state index in [2.05, 4.69) is 65.4 Å². The van der Waals surface area contributed by atoms with Gasteiger partial charge in [0, 0.05) is 18.4 Å². The number of anilines is 1. The summed E-state index contributed by atoms with van der Waals surface area (Å²) in [5.41, 5.74) is 6.92. The SMILES string of the molecule is CCN(CC)CCc1nc(N)c(Br)c(C(C)(C)C)n1. The summed E-state index contributed by atoms with van der Waals surface area (Å²) in [6.45, 7) is 13.8. The highest BCUT2D eigenvalue weighted by Crippen LogP contribution is 2.31. The zero-order chi connectivity index (χ0) is 14.6. The molecule has 0 amide bonds. The first-order valence-corrected chi connectivity index (χ1v) is 7.63. The van der Waals surface area contributed by atoms with Gasteiger partial charge in [-0.1, -0.05) is 34.6 Å². The lowest BCUT2D eigenvalue weighted by atomic mass is 9.92. The molecule has 1 rings (SSSR count). The predicted molar refractivity (Wildman–Crippen MR) is 84.3 cm³/mol. The number of halogens is 1. The van der Waals surface area contributed by atoms with Gasteiger partial charge in [-0.25, -0.2) is 9.97 Å². The van der Waals surface area contributed by atoms with E-state index in [4.69, 9.17) is 5.73 Å². The quantitative estimate of drug-likeness (QED) is 0.902. The van der Waals surface area contributed by atoms with Gasteiger partial charge in [0.05, 0.1) is 10.2 Å². The highest BCUT2D eigenvalue weighted by atomic mass is 79.9. The summed E-state index contributed by atoms with van der Waals surface area (Å²) in [5.74, 6) is 1.37. The molecule has 0 aliphatic rings. The van der Waals surface area contributed by atoms with Crippen molar-refractivity contribution in [2.24, 2.45) is 0 Å².